The van der Waals surface area contributed by atoms with Gasteiger partial charge in [0.1, 0.15) is 0 Å². The maximum Gasteiger partial charge on any atom is 0.0225 e. The molecule has 2 aromatic rings. The van der Waals surface area contributed by atoms with Crippen LogP contribution in [0.5, 0.6) is 0 Å². The van der Waals surface area contributed by atoms with Crippen molar-refractivity contribution >= 4 is 11.8 Å². The smallest absolute Gasteiger partial charge is 0.0225 e. The van der Waals surface area contributed by atoms with Crippen LogP contribution in [0.3, 0.4) is 0 Å². The second kappa shape index (κ2) is 9.53. The van der Waals surface area contributed by atoms with Crippen molar-refractivity contribution in [1.82, 2.24) is 0 Å². The van der Waals surface area contributed by atoms with E-state index in [1.807, 2.05) is 5.41 Å². The third-order valence-electron chi connectivity index (χ3n) is 3.90. The van der Waals surface area contributed by atoms with Crippen LogP contribution in [0, 0.1) is 0 Å². The Morgan fingerprint density at radius 2 is 1.73 bits per heavy atom. The van der Waals surface area contributed by atoms with Crippen molar-refractivity contribution in [1.29, 1.82) is 0 Å². The Morgan fingerprint density at radius 3 is 2.45 bits per heavy atom. The van der Waals surface area contributed by atoms with Crippen molar-refractivity contribution in [2.45, 2.75) is 44.8 Å². The van der Waals surface area contributed by atoms with Crippen LogP contribution in [-0.4, -0.2) is 0 Å². The molecule has 1 heteroatoms. The molecule has 0 unspecified atom stereocenters. The van der Waals surface area contributed by atoms with E-state index < -0.39 is 0 Å². The summed E-state index contributed by atoms with van der Waals surface area (Å²) in [5.74, 6) is 1.00. The summed E-state index contributed by atoms with van der Waals surface area (Å²) in [5.41, 5.74) is 5.45. The molecule has 0 atom stereocenters. The van der Waals surface area contributed by atoms with Gasteiger partial charge in [-0.05, 0) is 40.5 Å². The Hall–Kier alpha value is -1.47. The molecule has 2 rings (SSSR count). The molecule has 0 saturated carbocycles. The normalized spacial score (nSPS) is 10.6. The molecule has 22 heavy (non-hydrogen) atoms. The second-order valence-electron chi connectivity index (χ2n) is 5.69. The van der Waals surface area contributed by atoms with Gasteiger partial charge in [0.25, 0.3) is 0 Å². The number of aryl methyl sites for hydroxylation is 1. The molecule has 0 bridgehead atoms. The Morgan fingerprint density at radius 1 is 0.909 bits per heavy atom. The van der Waals surface area contributed by atoms with Crippen molar-refractivity contribution in [2.75, 3.05) is 0 Å². The number of unbranched alkanes of at least 4 members (excludes halogenated alkanes) is 3. The van der Waals surface area contributed by atoms with Crippen LogP contribution in [0.15, 0.2) is 60.5 Å². The van der Waals surface area contributed by atoms with E-state index in [4.69, 9.17) is 0 Å². The molecule has 0 radical (unpaired) electrons. The standard InChI is InChI=1S/C21H26S/c1-3-5-6-7-9-18-10-8-11-21(16-18)20-14-12-19(13-15-20)17-22-4-2/h4,8,10-16H,2-3,5-7,9,17H2,1H3. The zero-order valence-electron chi connectivity index (χ0n) is 13.6. The SMILES string of the molecule is C=CSCc1ccc(-c2cccc(CCCCCC)c2)cc1. The fourth-order valence-electron chi connectivity index (χ4n) is 2.61. The van der Waals surface area contributed by atoms with E-state index in [1.165, 1.54) is 54.4 Å². The highest BCUT2D eigenvalue weighted by Gasteiger charge is 2.00. The molecule has 0 saturated heterocycles. The largest absolute Gasteiger partial charge is 0.130 e. The lowest BCUT2D eigenvalue weighted by Crippen LogP contribution is -1.87. The molecule has 0 amide bonds. The average molecular weight is 311 g/mol. The molecule has 2 aromatic carbocycles. The van der Waals surface area contributed by atoms with E-state index >= 15 is 0 Å². The van der Waals surface area contributed by atoms with Gasteiger partial charge in [-0.25, -0.2) is 0 Å². The first-order chi connectivity index (χ1) is 10.8. The number of thioether (sulfide) groups is 1. The zero-order chi connectivity index (χ0) is 15.6. The minimum atomic E-state index is 1.00. The van der Waals surface area contributed by atoms with E-state index in [0.29, 0.717) is 0 Å². The third-order valence-corrected chi connectivity index (χ3v) is 4.64. The lowest BCUT2D eigenvalue weighted by Gasteiger charge is -2.07. The molecule has 0 N–H and O–H groups in total. The van der Waals surface area contributed by atoms with E-state index in [2.05, 4.69) is 62.0 Å². The predicted octanol–water partition coefficient (Wildman–Crippen LogP) is 6.85. The van der Waals surface area contributed by atoms with Crippen LogP contribution in [0.1, 0.15) is 43.7 Å². The molecule has 0 nitrogen and oxygen atoms in total. The fraction of sp³-hybridized carbons (Fsp3) is 0.333. The summed E-state index contributed by atoms with van der Waals surface area (Å²) in [4.78, 5) is 0. The van der Waals surface area contributed by atoms with Gasteiger partial charge in [0, 0.05) is 5.75 Å². The second-order valence-corrected chi connectivity index (χ2v) is 6.64. The van der Waals surface area contributed by atoms with E-state index in [1.54, 1.807) is 11.8 Å². The van der Waals surface area contributed by atoms with Gasteiger partial charge in [0.05, 0.1) is 0 Å². The van der Waals surface area contributed by atoms with E-state index in [0.717, 1.165) is 5.75 Å². The summed E-state index contributed by atoms with van der Waals surface area (Å²) in [7, 11) is 0. The van der Waals surface area contributed by atoms with E-state index in [-0.39, 0.29) is 0 Å². The number of benzene rings is 2. The van der Waals surface area contributed by atoms with Gasteiger partial charge in [-0.2, -0.15) is 0 Å². The molecule has 0 spiro atoms. The summed E-state index contributed by atoms with van der Waals surface area (Å²) in [6.45, 7) is 6.01. The lowest BCUT2D eigenvalue weighted by molar-refractivity contribution is 0.667. The Balaban J connectivity index is 2.00. The third kappa shape index (κ3) is 5.38. The molecule has 0 aliphatic carbocycles. The molecular formula is C21H26S. The predicted molar refractivity (Wildman–Crippen MR) is 101 cm³/mol. The lowest BCUT2D eigenvalue weighted by atomic mass is 9.99. The van der Waals surface area contributed by atoms with Crippen molar-refractivity contribution in [3.8, 4) is 11.1 Å². The number of hydrogen-bond donors (Lipinski definition) is 0. The molecule has 0 heterocycles. The average Bonchev–Trinajstić information content (AvgIpc) is 2.58. The van der Waals surface area contributed by atoms with Gasteiger partial charge >= 0.3 is 0 Å². The molecule has 116 valence electrons. The fourth-order valence-corrected chi connectivity index (χ4v) is 3.11. The van der Waals surface area contributed by atoms with Crippen molar-refractivity contribution in [3.63, 3.8) is 0 Å². The first kappa shape index (κ1) is 16.9. The van der Waals surface area contributed by atoms with Gasteiger partial charge in [-0.3, -0.25) is 0 Å². The van der Waals surface area contributed by atoms with Crippen molar-refractivity contribution in [3.05, 3.63) is 71.6 Å². The molecule has 0 aliphatic heterocycles. The van der Waals surface area contributed by atoms with Crippen LogP contribution in [-0.2, 0) is 12.2 Å². The monoisotopic (exact) mass is 310 g/mol. The maximum atomic E-state index is 3.75. The summed E-state index contributed by atoms with van der Waals surface area (Å²) >= 11 is 1.74. The summed E-state index contributed by atoms with van der Waals surface area (Å²) in [6, 6.07) is 17.9. The minimum Gasteiger partial charge on any atom is -0.130 e. The van der Waals surface area contributed by atoms with Crippen LogP contribution < -0.4 is 0 Å². The van der Waals surface area contributed by atoms with E-state index in [9.17, 15) is 0 Å². The van der Waals surface area contributed by atoms with Gasteiger partial charge in [-0.1, -0.05) is 81.3 Å². The van der Waals surface area contributed by atoms with Crippen LogP contribution in [0.4, 0.5) is 0 Å². The Bertz CT molecular complexity index is 569. The molecule has 0 aliphatic rings. The van der Waals surface area contributed by atoms with Crippen LogP contribution in [0.2, 0.25) is 0 Å². The topological polar surface area (TPSA) is 0 Å². The number of rotatable bonds is 9. The van der Waals surface area contributed by atoms with Gasteiger partial charge in [0.15, 0.2) is 0 Å². The highest BCUT2D eigenvalue weighted by atomic mass is 32.2. The summed E-state index contributed by atoms with van der Waals surface area (Å²) < 4.78 is 0. The van der Waals surface area contributed by atoms with Crippen LogP contribution in [0.25, 0.3) is 11.1 Å². The zero-order valence-corrected chi connectivity index (χ0v) is 14.4. The van der Waals surface area contributed by atoms with Gasteiger partial charge in [-0.15, -0.1) is 11.8 Å². The quantitative estimate of drug-likeness (QED) is 0.456. The van der Waals surface area contributed by atoms with Crippen LogP contribution >= 0.6 is 11.8 Å². The maximum absolute atomic E-state index is 3.75. The molecular weight excluding hydrogens is 284 g/mol. The first-order valence-corrected chi connectivity index (χ1v) is 9.29. The highest BCUT2D eigenvalue weighted by Crippen LogP contribution is 2.23. The summed E-state index contributed by atoms with van der Waals surface area (Å²) in [6.07, 6.45) is 6.49. The van der Waals surface area contributed by atoms with Crippen molar-refractivity contribution in [2.24, 2.45) is 0 Å². The molecule has 0 aromatic heterocycles. The Kier molecular flexibility index (Phi) is 7.32. The first-order valence-electron chi connectivity index (χ1n) is 8.24. The van der Waals surface area contributed by atoms with Gasteiger partial charge < -0.3 is 0 Å². The highest BCUT2D eigenvalue weighted by molar-refractivity contribution is 8.01. The molecule has 0 fully saturated rings. The number of hydrogen-bond acceptors (Lipinski definition) is 1. The Labute approximate surface area is 139 Å². The van der Waals surface area contributed by atoms with Gasteiger partial charge in [0.2, 0.25) is 0 Å². The summed E-state index contributed by atoms with van der Waals surface area (Å²) in [5, 5.41) is 1.90. The van der Waals surface area contributed by atoms with Crippen molar-refractivity contribution < 1.29 is 0 Å². The minimum absolute atomic E-state index is 1.00.